The van der Waals surface area contributed by atoms with Gasteiger partial charge in [0.25, 0.3) is 0 Å². The van der Waals surface area contributed by atoms with Gasteiger partial charge in [-0.3, -0.25) is 14.4 Å². The van der Waals surface area contributed by atoms with E-state index in [1.165, 1.54) is 4.90 Å². The number of aromatic nitrogens is 3. The third-order valence-corrected chi connectivity index (χ3v) is 9.36. The summed E-state index contributed by atoms with van der Waals surface area (Å²) in [4.78, 5) is 45.7. The van der Waals surface area contributed by atoms with Gasteiger partial charge in [-0.25, -0.2) is 4.68 Å². The molecule has 2 amide bonds. The standard InChI is InChI=1S/C31H41N5O6/c1-5-9-12-18-41-29(40)25-24-27(38)36(21(7-3)19-37)26(31(24)16-15-30(25,8-4)42-31)28(39)34(17-6-2)20-35-23-14-11-10-13-22(23)32-33-35/h5-6,10-11,13-14,21,24-26,37H,1-2,7-9,12,15-20H2,3-4H3/t21-,24-,25+,26?,30-,31?/m0/s1. The molecule has 5 rings (SSSR count). The van der Waals surface area contributed by atoms with Gasteiger partial charge in [-0.1, -0.05) is 43.3 Å². The number of benzene rings is 1. The summed E-state index contributed by atoms with van der Waals surface area (Å²) >= 11 is 0. The van der Waals surface area contributed by atoms with E-state index in [-0.39, 0.29) is 38.2 Å². The van der Waals surface area contributed by atoms with Gasteiger partial charge in [-0.15, -0.1) is 18.3 Å². The molecule has 4 heterocycles. The lowest BCUT2D eigenvalue weighted by Gasteiger charge is -2.39. The number of amides is 2. The molecule has 1 aromatic heterocycles. The Morgan fingerprint density at radius 1 is 1.26 bits per heavy atom. The Labute approximate surface area is 246 Å². The van der Waals surface area contributed by atoms with E-state index < -0.39 is 41.1 Å². The van der Waals surface area contributed by atoms with Crippen LogP contribution in [0, 0.1) is 11.8 Å². The second-order valence-electron chi connectivity index (χ2n) is 11.5. The van der Waals surface area contributed by atoms with Crippen LogP contribution in [-0.4, -0.2) is 90.7 Å². The van der Waals surface area contributed by atoms with Crippen molar-refractivity contribution in [1.82, 2.24) is 24.8 Å². The molecular weight excluding hydrogens is 538 g/mol. The molecule has 2 bridgehead atoms. The molecule has 2 unspecified atom stereocenters. The minimum atomic E-state index is -1.22. The van der Waals surface area contributed by atoms with Crippen LogP contribution < -0.4 is 0 Å². The molecule has 3 saturated heterocycles. The topological polar surface area (TPSA) is 127 Å². The number of aliphatic hydroxyl groups excluding tert-OH is 1. The molecule has 226 valence electrons. The zero-order valence-electron chi connectivity index (χ0n) is 24.5. The lowest BCUT2D eigenvalue weighted by atomic mass is 9.65. The van der Waals surface area contributed by atoms with Crippen LogP contribution in [0.2, 0.25) is 0 Å². The summed E-state index contributed by atoms with van der Waals surface area (Å²) in [5, 5.41) is 18.8. The van der Waals surface area contributed by atoms with Crippen LogP contribution in [-0.2, 0) is 30.5 Å². The average molecular weight is 580 g/mol. The van der Waals surface area contributed by atoms with E-state index in [4.69, 9.17) is 9.47 Å². The molecule has 2 aromatic rings. The number of likely N-dealkylation sites (tertiary alicyclic amines) is 1. The summed E-state index contributed by atoms with van der Waals surface area (Å²) in [7, 11) is 0. The first kappa shape index (κ1) is 29.9. The maximum absolute atomic E-state index is 14.7. The average Bonchev–Trinajstić information content (AvgIpc) is 3.73. The van der Waals surface area contributed by atoms with E-state index in [0.717, 1.165) is 5.52 Å². The molecule has 0 radical (unpaired) electrons. The number of carbonyl (C=O) groups is 3. The lowest BCUT2D eigenvalue weighted by molar-refractivity contribution is -0.164. The summed E-state index contributed by atoms with van der Waals surface area (Å²) in [6.45, 7) is 11.5. The Balaban J connectivity index is 1.54. The maximum atomic E-state index is 14.7. The molecule has 1 aromatic carbocycles. The third kappa shape index (κ3) is 4.63. The lowest BCUT2D eigenvalue weighted by Crippen LogP contribution is -2.59. The second-order valence-corrected chi connectivity index (χ2v) is 11.5. The molecule has 0 saturated carbocycles. The fourth-order valence-corrected chi connectivity index (χ4v) is 7.32. The second kappa shape index (κ2) is 12.0. The van der Waals surface area contributed by atoms with Crippen LogP contribution in [0.5, 0.6) is 0 Å². The number of para-hydroxylation sites is 1. The van der Waals surface area contributed by atoms with E-state index in [1.54, 1.807) is 21.7 Å². The fraction of sp³-hybridized carbons (Fsp3) is 0.581. The number of allylic oxidation sites excluding steroid dienone is 1. The minimum Gasteiger partial charge on any atom is -0.465 e. The molecular formula is C31H41N5O6. The number of hydrogen-bond donors (Lipinski definition) is 1. The first-order valence-corrected chi connectivity index (χ1v) is 14.9. The first-order chi connectivity index (χ1) is 20.3. The largest absolute Gasteiger partial charge is 0.465 e. The van der Waals surface area contributed by atoms with Crippen molar-refractivity contribution in [3.05, 3.63) is 49.6 Å². The van der Waals surface area contributed by atoms with Gasteiger partial charge in [-0.2, -0.15) is 0 Å². The molecule has 6 atom stereocenters. The molecule has 11 nitrogen and oxygen atoms in total. The van der Waals surface area contributed by atoms with Crippen LogP contribution >= 0.6 is 0 Å². The van der Waals surface area contributed by atoms with Gasteiger partial charge in [0.15, 0.2) is 0 Å². The molecule has 1 spiro atoms. The van der Waals surface area contributed by atoms with Gasteiger partial charge in [-0.05, 0) is 50.7 Å². The zero-order chi connectivity index (χ0) is 30.1. The number of fused-ring (bicyclic) bond motifs is 2. The molecule has 3 aliphatic heterocycles. The van der Waals surface area contributed by atoms with Crippen molar-refractivity contribution in [2.45, 2.75) is 82.3 Å². The van der Waals surface area contributed by atoms with Gasteiger partial charge < -0.3 is 24.4 Å². The Kier molecular flexibility index (Phi) is 8.52. The van der Waals surface area contributed by atoms with Crippen LogP contribution in [0.1, 0.15) is 52.4 Å². The van der Waals surface area contributed by atoms with E-state index in [1.807, 2.05) is 38.1 Å². The first-order valence-electron chi connectivity index (χ1n) is 14.9. The smallest absolute Gasteiger partial charge is 0.312 e. The van der Waals surface area contributed by atoms with Gasteiger partial charge >= 0.3 is 5.97 Å². The van der Waals surface area contributed by atoms with Gasteiger partial charge in [0.2, 0.25) is 11.8 Å². The maximum Gasteiger partial charge on any atom is 0.312 e. The number of rotatable bonds is 14. The van der Waals surface area contributed by atoms with Crippen LogP contribution in [0.4, 0.5) is 0 Å². The van der Waals surface area contributed by atoms with E-state index in [9.17, 15) is 19.5 Å². The molecule has 3 aliphatic rings. The van der Waals surface area contributed by atoms with E-state index in [0.29, 0.717) is 44.0 Å². The predicted molar refractivity (Wildman–Crippen MR) is 155 cm³/mol. The Bertz CT molecular complexity index is 1360. The van der Waals surface area contributed by atoms with E-state index >= 15 is 0 Å². The van der Waals surface area contributed by atoms with Crippen molar-refractivity contribution in [1.29, 1.82) is 0 Å². The summed E-state index contributed by atoms with van der Waals surface area (Å²) in [5.41, 5.74) is -0.657. The third-order valence-electron chi connectivity index (χ3n) is 9.36. The van der Waals surface area contributed by atoms with Crippen molar-refractivity contribution >= 4 is 28.8 Å². The van der Waals surface area contributed by atoms with Crippen molar-refractivity contribution in [3.8, 4) is 0 Å². The summed E-state index contributed by atoms with van der Waals surface area (Å²) in [6.07, 6.45) is 6.64. The zero-order valence-corrected chi connectivity index (χ0v) is 24.5. The Morgan fingerprint density at radius 3 is 2.74 bits per heavy atom. The van der Waals surface area contributed by atoms with Crippen molar-refractivity contribution in [3.63, 3.8) is 0 Å². The van der Waals surface area contributed by atoms with Gasteiger partial charge in [0.05, 0.1) is 36.3 Å². The molecule has 3 fully saturated rings. The fourth-order valence-electron chi connectivity index (χ4n) is 7.32. The number of ether oxygens (including phenoxy) is 2. The molecule has 1 N–H and O–H groups in total. The highest BCUT2D eigenvalue weighted by Crippen LogP contribution is 2.65. The van der Waals surface area contributed by atoms with Crippen LogP contribution in [0.3, 0.4) is 0 Å². The number of aliphatic hydroxyl groups is 1. The number of carbonyl (C=O) groups excluding carboxylic acids is 3. The number of nitrogens with zero attached hydrogens (tertiary/aromatic N) is 5. The highest BCUT2D eigenvalue weighted by Gasteiger charge is 2.79. The SMILES string of the molecule is C=CCCCOC(=O)[C@H]1[C@H]2C(=O)N([C@@H](CC)CO)C(C(=O)N(CC=C)Cn3nnc4ccccc43)C23CC[C@]1(CC)O3. The van der Waals surface area contributed by atoms with Gasteiger partial charge in [0, 0.05) is 6.54 Å². The van der Waals surface area contributed by atoms with Gasteiger partial charge in [0.1, 0.15) is 29.7 Å². The van der Waals surface area contributed by atoms with Crippen LogP contribution in [0.25, 0.3) is 11.0 Å². The Hall–Kier alpha value is -3.57. The van der Waals surface area contributed by atoms with E-state index in [2.05, 4.69) is 23.5 Å². The van der Waals surface area contributed by atoms with Crippen molar-refractivity contribution < 1.29 is 29.0 Å². The number of esters is 1. The van der Waals surface area contributed by atoms with Crippen molar-refractivity contribution in [2.75, 3.05) is 19.8 Å². The number of hydrogen-bond acceptors (Lipinski definition) is 8. The molecule has 0 aliphatic carbocycles. The monoisotopic (exact) mass is 579 g/mol. The number of unbranched alkanes of at least 4 members (excludes halogenated alkanes) is 1. The predicted octanol–water partition coefficient (Wildman–Crippen LogP) is 2.84. The minimum absolute atomic E-state index is 0.0776. The normalized spacial score (nSPS) is 28.6. The summed E-state index contributed by atoms with van der Waals surface area (Å²) in [5.74, 6) is -2.88. The molecule has 11 heteroatoms. The van der Waals surface area contributed by atoms with Crippen molar-refractivity contribution in [2.24, 2.45) is 11.8 Å². The highest BCUT2D eigenvalue weighted by atomic mass is 16.6. The Morgan fingerprint density at radius 2 is 2.05 bits per heavy atom. The highest BCUT2D eigenvalue weighted by molar-refractivity contribution is 5.98. The van der Waals surface area contributed by atoms with Crippen LogP contribution in [0.15, 0.2) is 49.6 Å². The molecule has 42 heavy (non-hydrogen) atoms. The summed E-state index contributed by atoms with van der Waals surface area (Å²) < 4.78 is 14.1. The quantitative estimate of drug-likeness (QED) is 0.206. The summed E-state index contributed by atoms with van der Waals surface area (Å²) in [6, 6.07) is 5.82.